The smallest absolute Gasteiger partial charge is 0.410 e. The van der Waals surface area contributed by atoms with Crippen LogP contribution in [-0.4, -0.2) is 39.9 Å². The highest BCUT2D eigenvalue weighted by Crippen LogP contribution is 2.25. The quantitative estimate of drug-likeness (QED) is 0.825. The minimum atomic E-state index is -0.489. The number of hydrogen-bond donors (Lipinski definition) is 1. The third-order valence-electron chi connectivity index (χ3n) is 2.71. The van der Waals surface area contributed by atoms with E-state index >= 15 is 0 Å². The van der Waals surface area contributed by atoms with Gasteiger partial charge in [-0.3, -0.25) is 0 Å². The van der Waals surface area contributed by atoms with Gasteiger partial charge in [-0.2, -0.15) is 0 Å². The van der Waals surface area contributed by atoms with Crippen LogP contribution >= 0.6 is 0 Å². The van der Waals surface area contributed by atoms with Crippen molar-refractivity contribution in [2.24, 2.45) is 0 Å². The molecule has 108 valence electrons. The summed E-state index contributed by atoms with van der Waals surface area (Å²) >= 11 is 0. The summed E-state index contributed by atoms with van der Waals surface area (Å²) in [5.41, 5.74) is -0.809. The van der Waals surface area contributed by atoms with Crippen LogP contribution in [-0.2, 0) is 4.74 Å². The number of carbonyl (C=O) groups is 1. The zero-order valence-electron chi connectivity index (χ0n) is 12.9. The molecular formula is C14H29NO3. The molecule has 0 atom stereocenters. The number of aliphatic hydroxyl groups is 1. The third-order valence-corrected chi connectivity index (χ3v) is 2.71. The fraction of sp³-hybridized carbons (Fsp3) is 0.929. The molecule has 0 heterocycles. The monoisotopic (exact) mass is 259 g/mol. The lowest BCUT2D eigenvalue weighted by atomic mass is 9.95. The number of aliphatic hydroxyl groups excluding tert-OH is 1. The second-order valence-corrected chi connectivity index (χ2v) is 6.58. The van der Waals surface area contributed by atoms with Crippen LogP contribution in [0.2, 0.25) is 0 Å². The summed E-state index contributed by atoms with van der Waals surface area (Å²) < 4.78 is 5.45. The van der Waals surface area contributed by atoms with Gasteiger partial charge in [0.2, 0.25) is 0 Å². The molecule has 0 aromatic carbocycles. The van der Waals surface area contributed by atoms with Crippen molar-refractivity contribution >= 4 is 6.09 Å². The van der Waals surface area contributed by atoms with E-state index in [4.69, 9.17) is 9.84 Å². The van der Waals surface area contributed by atoms with Crippen molar-refractivity contribution in [3.8, 4) is 0 Å². The molecule has 0 spiro atoms. The Hall–Kier alpha value is -0.770. The summed E-state index contributed by atoms with van der Waals surface area (Å²) in [7, 11) is 0. The Morgan fingerprint density at radius 2 is 1.72 bits per heavy atom. The first-order valence-corrected chi connectivity index (χ1v) is 6.64. The summed E-state index contributed by atoms with van der Waals surface area (Å²) in [6.45, 7) is 13.7. The van der Waals surface area contributed by atoms with Gasteiger partial charge in [0.25, 0.3) is 0 Å². The summed E-state index contributed by atoms with van der Waals surface area (Å²) in [4.78, 5) is 14.0. The number of ether oxygens (including phenoxy) is 1. The second kappa shape index (κ2) is 6.41. The molecule has 0 saturated heterocycles. The van der Waals surface area contributed by atoms with Crippen LogP contribution in [0.3, 0.4) is 0 Å². The van der Waals surface area contributed by atoms with Crippen LogP contribution in [0.1, 0.15) is 61.3 Å². The molecule has 4 nitrogen and oxygen atoms in total. The minimum Gasteiger partial charge on any atom is -0.444 e. The maximum absolute atomic E-state index is 12.3. The van der Waals surface area contributed by atoms with Gasteiger partial charge < -0.3 is 14.7 Å². The Morgan fingerprint density at radius 3 is 2.06 bits per heavy atom. The lowest BCUT2D eigenvalue weighted by Gasteiger charge is -2.42. The van der Waals surface area contributed by atoms with Gasteiger partial charge >= 0.3 is 6.09 Å². The summed E-state index contributed by atoms with van der Waals surface area (Å²) in [5, 5.41) is 8.94. The molecule has 0 unspecified atom stereocenters. The largest absolute Gasteiger partial charge is 0.444 e. The average Bonchev–Trinajstić information content (AvgIpc) is 2.10. The fourth-order valence-corrected chi connectivity index (χ4v) is 2.10. The van der Waals surface area contributed by atoms with E-state index in [1.54, 1.807) is 4.90 Å². The zero-order valence-corrected chi connectivity index (χ0v) is 12.9. The van der Waals surface area contributed by atoms with Gasteiger partial charge in [-0.1, -0.05) is 0 Å². The zero-order chi connectivity index (χ0) is 14.6. The topological polar surface area (TPSA) is 49.8 Å². The Kier molecular flexibility index (Phi) is 6.14. The number of carbonyl (C=O) groups excluding carboxylic acids is 1. The molecule has 0 aliphatic carbocycles. The van der Waals surface area contributed by atoms with E-state index in [1.165, 1.54) is 0 Å². The maximum atomic E-state index is 12.3. The highest BCUT2D eigenvalue weighted by molar-refractivity contribution is 5.69. The van der Waals surface area contributed by atoms with Gasteiger partial charge in [0, 0.05) is 18.2 Å². The van der Waals surface area contributed by atoms with Crippen LogP contribution in [0, 0.1) is 0 Å². The number of amides is 1. The normalized spacial score (nSPS) is 12.7. The van der Waals surface area contributed by atoms with Crippen molar-refractivity contribution in [2.75, 3.05) is 6.61 Å². The molecule has 4 heteroatoms. The predicted octanol–water partition coefficient (Wildman–Crippen LogP) is 3.18. The molecule has 1 N–H and O–H groups in total. The second-order valence-electron chi connectivity index (χ2n) is 6.58. The van der Waals surface area contributed by atoms with Gasteiger partial charge in [-0.15, -0.1) is 0 Å². The minimum absolute atomic E-state index is 0.0635. The van der Waals surface area contributed by atoms with E-state index in [9.17, 15) is 4.79 Å². The van der Waals surface area contributed by atoms with Gasteiger partial charge in [-0.05, 0) is 61.3 Å². The van der Waals surface area contributed by atoms with Crippen molar-refractivity contribution in [1.82, 2.24) is 4.90 Å². The highest BCUT2D eigenvalue weighted by Gasteiger charge is 2.35. The van der Waals surface area contributed by atoms with E-state index in [0.717, 1.165) is 6.42 Å². The van der Waals surface area contributed by atoms with E-state index < -0.39 is 5.60 Å². The molecule has 0 aromatic heterocycles. The molecule has 1 amide bonds. The van der Waals surface area contributed by atoms with Gasteiger partial charge in [0.15, 0.2) is 0 Å². The van der Waals surface area contributed by atoms with Crippen LogP contribution in [0.25, 0.3) is 0 Å². The van der Waals surface area contributed by atoms with Crippen molar-refractivity contribution in [3.05, 3.63) is 0 Å². The lowest BCUT2D eigenvalue weighted by molar-refractivity contribution is -0.00939. The molecule has 0 aliphatic rings. The fourth-order valence-electron chi connectivity index (χ4n) is 2.10. The molecule has 0 aliphatic heterocycles. The molecule has 0 bridgehead atoms. The first kappa shape index (κ1) is 17.2. The number of rotatable bonds is 5. The predicted molar refractivity (Wildman–Crippen MR) is 73.6 cm³/mol. The summed E-state index contributed by atoms with van der Waals surface area (Å²) in [6.07, 6.45) is 1.14. The van der Waals surface area contributed by atoms with Crippen molar-refractivity contribution in [1.29, 1.82) is 0 Å². The molecule has 0 radical (unpaired) electrons. The van der Waals surface area contributed by atoms with Gasteiger partial charge in [0.05, 0.1) is 0 Å². The van der Waals surface area contributed by atoms with E-state index in [-0.39, 0.29) is 24.3 Å². The Labute approximate surface area is 111 Å². The van der Waals surface area contributed by atoms with E-state index in [0.29, 0.717) is 6.42 Å². The molecule has 0 fully saturated rings. The SMILES string of the molecule is CC(C)N(C(=O)OC(C)(C)C)C(C)(C)CCCO. The van der Waals surface area contributed by atoms with Crippen LogP contribution in [0.4, 0.5) is 4.79 Å². The van der Waals surface area contributed by atoms with Crippen molar-refractivity contribution in [3.63, 3.8) is 0 Å². The highest BCUT2D eigenvalue weighted by atomic mass is 16.6. The van der Waals surface area contributed by atoms with Crippen molar-refractivity contribution in [2.45, 2.75) is 78.5 Å². The lowest BCUT2D eigenvalue weighted by Crippen LogP contribution is -2.53. The van der Waals surface area contributed by atoms with Crippen LogP contribution < -0.4 is 0 Å². The summed E-state index contributed by atoms with van der Waals surface area (Å²) in [6, 6.07) is 0.0635. The first-order chi connectivity index (χ1) is 8.01. The molecule has 18 heavy (non-hydrogen) atoms. The molecule has 0 aromatic rings. The first-order valence-electron chi connectivity index (χ1n) is 6.64. The van der Waals surface area contributed by atoms with Crippen LogP contribution in [0.5, 0.6) is 0 Å². The molecular weight excluding hydrogens is 230 g/mol. The van der Waals surface area contributed by atoms with E-state index in [2.05, 4.69) is 0 Å². The van der Waals surface area contributed by atoms with Crippen molar-refractivity contribution < 1.29 is 14.6 Å². The number of hydrogen-bond acceptors (Lipinski definition) is 3. The standard InChI is InChI=1S/C14H29NO3/c1-11(2)15(12(17)18-13(3,4)5)14(6,7)9-8-10-16/h11,16H,8-10H2,1-7H3. The molecule has 0 saturated carbocycles. The van der Waals surface area contributed by atoms with Crippen LogP contribution in [0.15, 0.2) is 0 Å². The Balaban J connectivity index is 4.90. The third kappa shape index (κ3) is 5.71. The maximum Gasteiger partial charge on any atom is 0.410 e. The Bertz CT molecular complexity index is 267. The average molecular weight is 259 g/mol. The summed E-state index contributed by atoms with van der Waals surface area (Å²) in [5.74, 6) is 0. The molecule has 0 rings (SSSR count). The van der Waals surface area contributed by atoms with Gasteiger partial charge in [0.1, 0.15) is 5.60 Å². The van der Waals surface area contributed by atoms with E-state index in [1.807, 2.05) is 48.5 Å². The Morgan fingerprint density at radius 1 is 1.22 bits per heavy atom. The number of nitrogens with zero attached hydrogens (tertiary/aromatic N) is 1. The van der Waals surface area contributed by atoms with Gasteiger partial charge in [-0.25, -0.2) is 4.79 Å².